The smallest absolute Gasteiger partial charge is 0.310 e. The van der Waals surface area contributed by atoms with Gasteiger partial charge in [0.05, 0.1) is 33.9 Å². The second-order valence-corrected chi connectivity index (χ2v) is 7.88. The number of hydrogen-bond donors (Lipinski definition) is 0. The van der Waals surface area contributed by atoms with Crippen LogP contribution in [0, 0.1) is 11.8 Å². The highest BCUT2D eigenvalue weighted by molar-refractivity contribution is 5.79. The largest absolute Gasteiger partial charge is 0.493 e. The van der Waals surface area contributed by atoms with Crippen LogP contribution < -0.4 is 23.7 Å². The fourth-order valence-electron chi connectivity index (χ4n) is 5.12. The summed E-state index contributed by atoms with van der Waals surface area (Å²) >= 11 is 0. The van der Waals surface area contributed by atoms with Gasteiger partial charge in [-0.2, -0.15) is 0 Å². The summed E-state index contributed by atoms with van der Waals surface area (Å²) in [6.45, 7) is 2.77. The predicted molar refractivity (Wildman–Crippen MR) is 107 cm³/mol. The van der Waals surface area contributed by atoms with E-state index in [1.165, 1.54) is 0 Å². The first-order chi connectivity index (χ1) is 14.6. The fourth-order valence-corrected chi connectivity index (χ4v) is 5.12. The Morgan fingerprint density at radius 2 is 1.50 bits per heavy atom. The SMILES string of the molecule is COc1cc([C@@H]2c3cc4c(cc3[C@H](C)C3COC(=O)C32)OCO4)cc(OC)c1OC. The minimum atomic E-state index is -0.296. The number of methoxy groups -OCH3 is 3. The zero-order valence-corrected chi connectivity index (χ0v) is 17.4. The van der Waals surface area contributed by atoms with Crippen molar-refractivity contribution in [1.29, 1.82) is 0 Å². The molecule has 2 aromatic rings. The van der Waals surface area contributed by atoms with E-state index in [1.807, 2.05) is 24.3 Å². The third-order valence-corrected chi connectivity index (χ3v) is 6.60. The minimum absolute atomic E-state index is 0.0782. The zero-order valence-electron chi connectivity index (χ0n) is 17.4. The lowest BCUT2D eigenvalue weighted by Gasteiger charge is -2.37. The highest BCUT2D eigenvalue weighted by Gasteiger charge is 2.51. The van der Waals surface area contributed by atoms with E-state index in [9.17, 15) is 4.79 Å². The normalized spacial score (nSPS) is 25.9. The molecule has 158 valence electrons. The minimum Gasteiger partial charge on any atom is -0.493 e. The Balaban J connectivity index is 1.74. The Labute approximate surface area is 174 Å². The molecule has 0 saturated carbocycles. The van der Waals surface area contributed by atoms with Crippen LogP contribution in [0.5, 0.6) is 28.7 Å². The van der Waals surface area contributed by atoms with Gasteiger partial charge in [0.15, 0.2) is 23.0 Å². The molecule has 2 unspecified atom stereocenters. The highest BCUT2D eigenvalue weighted by Crippen LogP contribution is 2.56. The maximum atomic E-state index is 12.8. The Kier molecular flexibility index (Phi) is 4.41. The number of ether oxygens (including phenoxy) is 6. The van der Waals surface area contributed by atoms with Crippen molar-refractivity contribution in [3.8, 4) is 28.7 Å². The van der Waals surface area contributed by atoms with E-state index in [0.29, 0.717) is 29.6 Å². The van der Waals surface area contributed by atoms with Gasteiger partial charge in [0.1, 0.15) is 0 Å². The van der Waals surface area contributed by atoms with Gasteiger partial charge in [-0.25, -0.2) is 0 Å². The van der Waals surface area contributed by atoms with Crippen LogP contribution in [0.15, 0.2) is 24.3 Å². The molecule has 2 aliphatic heterocycles. The maximum Gasteiger partial charge on any atom is 0.310 e. The first-order valence-electron chi connectivity index (χ1n) is 9.97. The van der Waals surface area contributed by atoms with E-state index >= 15 is 0 Å². The number of rotatable bonds is 4. The van der Waals surface area contributed by atoms with Crippen molar-refractivity contribution in [3.05, 3.63) is 41.0 Å². The Morgan fingerprint density at radius 3 is 2.10 bits per heavy atom. The van der Waals surface area contributed by atoms with Gasteiger partial charge in [0.2, 0.25) is 12.5 Å². The van der Waals surface area contributed by atoms with Crippen LogP contribution in [0.1, 0.15) is 35.4 Å². The van der Waals surface area contributed by atoms with Crippen molar-refractivity contribution < 1.29 is 33.2 Å². The molecule has 7 nitrogen and oxygen atoms in total. The van der Waals surface area contributed by atoms with Gasteiger partial charge in [-0.05, 0) is 46.9 Å². The van der Waals surface area contributed by atoms with Crippen LogP contribution in [-0.4, -0.2) is 40.7 Å². The summed E-state index contributed by atoms with van der Waals surface area (Å²) in [5, 5.41) is 0. The molecule has 0 N–H and O–H groups in total. The predicted octanol–water partition coefficient (Wildman–Crippen LogP) is 3.48. The van der Waals surface area contributed by atoms with Gasteiger partial charge in [-0.15, -0.1) is 0 Å². The third kappa shape index (κ3) is 2.61. The molecule has 4 atom stereocenters. The molecule has 0 bridgehead atoms. The van der Waals surface area contributed by atoms with E-state index in [4.69, 9.17) is 28.4 Å². The van der Waals surface area contributed by atoms with Crippen LogP contribution in [0.3, 0.4) is 0 Å². The van der Waals surface area contributed by atoms with Crippen LogP contribution >= 0.6 is 0 Å². The van der Waals surface area contributed by atoms with Crippen LogP contribution in [0.2, 0.25) is 0 Å². The molecule has 30 heavy (non-hydrogen) atoms. The number of esters is 1. The van der Waals surface area contributed by atoms with Crippen molar-refractivity contribution in [2.45, 2.75) is 18.8 Å². The second kappa shape index (κ2) is 7.00. The molecule has 1 aliphatic carbocycles. The molecule has 1 fully saturated rings. The number of hydrogen-bond acceptors (Lipinski definition) is 7. The van der Waals surface area contributed by atoms with Gasteiger partial charge in [0, 0.05) is 11.8 Å². The first-order valence-corrected chi connectivity index (χ1v) is 9.97. The molecule has 3 aliphatic rings. The van der Waals surface area contributed by atoms with E-state index < -0.39 is 0 Å². The van der Waals surface area contributed by atoms with Crippen molar-refractivity contribution in [1.82, 2.24) is 0 Å². The molecule has 2 aromatic carbocycles. The molecule has 0 spiro atoms. The van der Waals surface area contributed by atoms with Crippen molar-refractivity contribution in [2.75, 3.05) is 34.7 Å². The number of cyclic esters (lactones) is 1. The van der Waals surface area contributed by atoms with E-state index in [2.05, 4.69) is 6.92 Å². The van der Waals surface area contributed by atoms with Gasteiger partial charge >= 0.3 is 5.97 Å². The molecule has 0 radical (unpaired) electrons. The lowest BCUT2D eigenvalue weighted by atomic mass is 9.63. The number of carbonyl (C=O) groups excluding carboxylic acids is 1. The molecule has 0 amide bonds. The zero-order chi connectivity index (χ0) is 21.0. The van der Waals surface area contributed by atoms with Crippen LogP contribution in [0.25, 0.3) is 0 Å². The summed E-state index contributed by atoms with van der Waals surface area (Å²) in [7, 11) is 4.74. The molecule has 2 heterocycles. The van der Waals surface area contributed by atoms with Gasteiger partial charge < -0.3 is 28.4 Å². The Morgan fingerprint density at radius 1 is 0.867 bits per heavy atom. The molecular weight excluding hydrogens is 388 g/mol. The molecule has 0 aromatic heterocycles. The summed E-state index contributed by atoms with van der Waals surface area (Å²) < 4.78 is 33.4. The lowest BCUT2D eigenvalue weighted by molar-refractivity contribution is -0.141. The molecule has 7 heteroatoms. The van der Waals surface area contributed by atoms with Crippen LogP contribution in [-0.2, 0) is 9.53 Å². The molecule has 1 saturated heterocycles. The van der Waals surface area contributed by atoms with Gasteiger partial charge in [-0.1, -0.05) is 6.92 Å². The Bertz CT molecular complexity index is 990. The van der Waals surface area contributed by atoms with Crippen molar-refractivity contribution >= 4 is 5.97 Å². The Hall–Kier alpha value is -3.09. The summed E-state index contributed by atoms with van der Waals surface area (Å²) in [6.07, 6.45) is 0. The second-order valence-electron chi connectivity index (χ2n) is 7.88. The average Bonchev–Trinajstić information content (AvgIpc) is 3.38. The summed E-state index contributed by atoms with van der Waals surface area (Å²) in [4.78, 5) is 12.8. The monoisotopic (exact) mass is 412 g/mol. The van der Waals surface area contributed by atoms with Gasteiger partial charge in [0.25, 0.3) is 0 Å². The molecule has 5 rings (SSSR count). The average molecular weight is 412 g/mol. The number of benzene rings is 2. The summed E-state index contributed by atoms with van der Waals surface area (Å²) in [6, 6.07) is 7.88. The summed E-state index contributed by atoms with van der Waals surface area (Å²) in [5.74, 6) is 2.61. The van der Waals surface area contributed by atoms with Crippen LogP contribution in [0.4, 0.5) is 0 Å². The maximum absolute atomic E-state index is 12.8. The van der Waals surface area contributed by atoms with Crippen molar-refractivity contribution in [2.24, 2.45) is 11.8 Å². The number of carbonyl (C=O) groups is 1. The quantitative estimate of drug-likeness (QED) is 0.712. The van der Waals surface area contributed by atoms with E-state index in [0.717, 1.165) is 22.4 Å². The standard InChI is InChI=1S/C23H24O7/c1-11-13-7-16-17(30-10-29-16)8-14(13)20(21-15(11)9-28-23(21)24)12-5-18(25-2)22(27-4)19(6-12)26-3/h5-8,11,15,20-21H,9-10H2,1-4H3/t11-,15?,20+,21?/m0/s1. The van der Waals surface area contributed by atoms with E-state index in [1.54, 1.807) is 21.3 Å². The number of fused-ring (bicyclic) bond motifs is 3. The lowest BCUT2D eigenvalue weighted by Crippen LogP contribution is -2.33. The van der Waals surface area contributed by atoms with Crippen molar-refractivity contribution in [3.63, 3.8) is 0 Å². The third-order valence-electron chi connectivity index (χ3n) is 6.60. The highest BCUT2D eigenvalue weighted by atomic mass is 16.7. The molecular formula is C23H24O7. The van der Waals surface area contributed by atoms with E-state index in [-0.39, 0.29) is 36.4 Å². The van der Waals surface area contributed by atoms with Gasteiger partial charge in [-0.3, -0.25) is 4.79 Å². The summed E-state index contributed by atoms with van der Waals surface area (Å²) in [5.41, 5.74) is 3.10. The topological polar surface area (TPSA) is 72.5 Å². The first kappa shape index (κ1) is 18.9. The fraction of sp³-hybridized carbons (Fsp3) is 0.435.